The third-order valence-electron chi connectivity index (χ3n) is 7.26. The Hall–Kier alpha value is -3.53. The first-order valence-electron chi connectivity index (χ1n) is 12.5. The van der Waals surface area contributed by atoms with E-state index in [1.807, 2.05) is 30.7 Å². The van der Waals surface area contributed by atoms with Crippen LogP contribution in [0.4, 0.5) is 5.82 Å². The van der Waals surface area contributed by atoms with Crippen molar-refractivity contribution in [1.82, 2.24) is 40.5 Å². The van der Waals surface area contributed by atoms with E-state index in [0.29, 0.717) is 12.6 Å². The van der Waals surface area contributed by atoms with Crippen LogP contribution in [-0.4, -0.2) is 67.9 Å². The van der Waals surface area contributed by atoms with Crippen molar-refractivity contribution < 1.29 is 4.74 Å². The summed E-state index contributed by atoms with van der Waals surface area (Å²) in [4.78, 5) is 11.7. The Kier molecular flexibility index (Phi) is 6.03. The number of aromatic amines is 1. The predicted octanol–water partition coefficient (Wildman–Crippen LogP) is 3.03. The normalized spacial score (nSPS) is 18.7. The van der Waals surface area contributed by atoms with Gasteiger partial charge in [-0.25, -0.2) is 9.67 Å². The van der Waals surface area contributed by atoms with Gasteiger partial charge in [0.25, 0.3) is 0 Å². The number of aromatic nitrogens is 7. The van der Waals surface area contributed by atoms with Gasteiger partial charge in [-0.15, -0.1) is 5.10 Å². The number of ether oxygens (including phenoxy) is 1. The first kappa shape index (κ1) is 22.0. The number of nitrogens with zero attached hydrogens (tertiary/aromatic N) is 7. The highest BCUT2D eigenvalue weighted by Crippen LogP contribution is 2.31. The molecule has 0 amide bonds. The molecule has 10 heteroatoms. The molecule has 0 unspecified atom stereocenters. The second-order valence-corrected chi connectivity index (χ2v) is 9.66. The molecule has 1 aliphatic heterocycles. The van der Waals surface area contributed by atoms with Crippen molar-refractivity contribution in [2.75, 3.05) is 31.6 Å². The van der Waals surface area contributed by atoms with Crippen LogP contribution in [0.25, 0.3) is 22.2 Å². The number of piperidine rings is 1. The van der Waals surface area contributed by atoms with E-state index < -0.39 is 0 Å². The lowest BCUT2D eigenvalue weighted by Crippen LogP contribution is -2.47. The summed E-state index contributed by atoms with van der Waals surface area (Å²) in [5.74, 6) is 2.57. The molecule has 10 nitrogen and oxygen atoms in total. The summed E-state index contributed by atoms with van der Waals surface area (Å²) in [7, 11) is 1.65. The molecule has 1 aliphatic carbocycles. The first-order valence-corrected chi connectivity index (χ1v) is 12.5. The summed E-state index contributed by atoms with van der Waals surface area (Å²) in [6, 6.07) is 4.41. The number of benzene rings is 1. The summed E-state index contributed by atoms with van der Waals surface area (Å²) < 4.78 is 7.21. The quantitative estimate of drug-likeness (QED) is 0.402. The predicted molar refractivity (Wildman–Crippen MR) is 133 cm³/mol. The van der Waals surface area contributed by atoms with Gasteiger partial charge >= 0.3 is 0 Å². The van der Waals surface area contributed by atoms with Crippen molar-refractivity contribution in [3.63, 3.8) is 0 Å². The summed E-state index contributed by atoms with van der Waals surface area (Å²) >= 11 is 0. The molecule has 1 saturated heterocycles. The maximum absolute atomic E-state index is 5.43. The molecule has 6 rings (SSSR count). The van der Waals surface area contributed by atoms with E-state index in [4.69, 9.17) is 9.72 Å². The average molecular weight is 474 g/mol. The Morgan fingerprint density at radius 2 is 2.06 bits per heavy atom. The summed E-state index contributed by atoms with van der Waals surface area (Å²) in [5, 5.41) is 20.6. The number of nitrogens with one attached hydrogen (secondary N) is 2. The SMILES string of the molecule is COc1cc(-c2cn(Cc3cnc(N4CCC[C@@H](NCC5CCC5)C4)cn3)nn2)c2cn[nH]c2c1. The zero-order chi connectivity index (χ0) is 23.6. The molecule has 35 heavy (non-hydrogen) atoms. The monoisotopic (exact) mass is 473 g/mol. The van der Waals surface area contributed by atoms with Crippen LogP contribution in [0, 0.1) is 5.92 Å². The van der Waals surface area contributed by atoms with Gasteiger partial charge in [0.15, 0.2) is 0 Å². The van der Waals surface area contributed by atoms with Crippen molar-refractivity contribution in [2.45, 2.75) is 44.7 Å². The number of hydrogen-bond donors (Lipinski definition) is 2. The highest BCUT2D eigenvalue weighted by Gasteiger charge is 2.23. The third-order valence-corrected chi connectivity index (χ3v) is 7.26. The Balaban J connectivity index is 1.11. The lowest BCUT2D eigenvalue weighted by atomic mass is 9.85. The van der Waals surface area contributed by atoms with Crippen molar-refractivity contribution in [2.24, 2.45) is 5.92 Å². The van der Waals surface area contributed by atoms with Crippen LogP contribution in [0.15, 0.2) is 36.9 Å². The minimum atomic E-state index is 0.504. The van der Waals surface area contributed by atoms with Gasteiger partial charge in [-0.2, -0.15) is 5.10 Å². The zero-order valence-electron chi connectivity index (χ0n) is 20.0. The van der Waals surface area contributed by atoms with E-state index in [1.54, 1.807) is 18.0 Å². The van der Waals surface area contributed by atoms with Crippen molar-refractivity contribution >= 4 is 16.7 Å². The Morgan fingerprint density at radius 1 is 1.11 bits per heavy atom. The zero-order valence-corrected chi connectivity index (χ0v) is 20.0. The van der Waals surface area contributed by atoms with Crippen molar-refractivity contribution in [3.05, 3.63) is 42.6 Å². The largest absolute Gasteiger partial charge is 0.497 e. The van der Waals surface area contributed by atoms with Crippen LogP contribution in [0.5, 0.6) is 5.75 Å². The van der Waals surface area contributed by atoms with E-state index in [1.165, 1.54) is 32.1 Å². The molecular weight excluding hydrogens is 442 g/mol. The molecule has 0 bridgehead atoms. The Bertz CT molecular complexity index is 1280. The minimum absolute atomic E-state index is 0.504. The van der Waals surface area contributed by atoms with Gasteiger partial charge in [-0.1, -0.05) is 11.6 Å². The van der Waals surface area contributed by atoms with Crippen LogP contribution in [0.1, 0.15) is 37.8 Å². The van der Waals surface area contributed by atoms with E-state index in [9.17, 15) is 0 Å². The molecular formula is C25H31N9O. The summed E-state index contributed by atoms with van der Waals surface area (Å²) in [6.07, 6.45) is 14.0. The standard InChI is InChI=1S/C25H31N9O/c1-35-20-8-21(22-12-29-30-23(22)9-20)24-16-34(32-31-24)15-19-11-28-25(13-27-19)33-7-3-6-18(14-33)26-10-17-4-2-5-17/h8-9,11-13,16-18,26H,2-7,10,14-15H2,1H3,(H,29,30)/t18-/m1/s1. The highest BCUT2D eigenvalue weighted by atomic mass is 16.5. The number of methoxy groups -OCH3 is 1. The van der Waals surface area contributed by atoms with Crippen LogP contribution < -0.4 is 15.0 Å². The second-order valence-electron chi connectivity index (χ2n) is 9.66. The molecule has 1 saturated carbocycles. The fourth-order valence-corrected chi connectivity index (χ4v) is 4.99. The van der Waals surface area contributed by atoms with Crippen LogP contribution in [-0.2, 0) is 6.54 Å². The topological polar surface area (TPSA) is 110 Å². The fourth-order valence-electron chi connectivity index (χ4n) is 4.99. The molecule has 182 valence electrons. The average Bonchev–Trinajstić information content (AvgIpc) is 3.53. The maximum Gasteiger partial charge on any atom is 0.147 e. The summed E-state index contributed by atoms with van der Waals surface area (Å²) in [6.45, 7) is 3.69. The molecule has 4 aromatic rings. The minimum Gasteiger partial charge on any atom is -0.497 e. The second kappa shape index (κ2) is 9.61. The highest BCUT2D eigenvalue weighted by molar-refractivity contribution is 5.94. The lowest BCUT2D eigenvalue weighted by Gasteiger charge is -2.35. The van der Waals surface area contributed by atoms with Gasteiger partial charge in [0.2, 0.25) is 0 Å². The molecule has 3 aromatic heterocycles. The van der Waals surface area contributed by atoms with E-state index in [2.05, 4.69) is 35.7 Å². The van der Waals surface area contributed by atoms with Crippen LogP contribution in [0.3, 0.4) is 0 Å². The summed E-state index contributed by atoms with van der Waals surface area (Å²) in [5.41, 5.74) is 3.43. The van der Waals surface area contributed by atoms with E-state index >= 15 is 0 Å². The van der Waals surface area contributed by atoms with Crippen molar-refractivity contribution in [1.29, 1.82) is 0 Å². The van der Waals surface area contributed by atoms with Crippen molar-refractivity contribution in [3.8, 4) is 17.0 Å². The molecule has 0 spiro atoms. The molecule has 4 heterocycles. The van der Waals surface area contributed by atoms with Gasteiger partial charge in [0.05, 0.1) is 49.7 Å². The molecule has 2 N–H and O–H groups in total. The smallest absolute Gasteiger partial charge is 0.147 e. The number of fused-ring (bicyclic) bond motifs is 1. The van der Waals surface area contributed by atoms with Gasteiger partial charge in [-0.05, 0) is 44.2 Å². The molecule has 1 aromatic carbocycles. The third kappa shape index (κ3) is 4.70. The van der Waals surface area contributed by atoms with Gasteiger partial charge in [0, 0.05) is 36.1 Å². The Morgan fingerprint density at radius 3 is 2.86 bits per heavy atom. The van der Waals surface area contributed by atoms with E-state index in [0.717, 1.165) is 65.0 Å². The van der Waals surface area contributed by atoms with Crippen LogP contribution >= 0.6 is 0 Å². The maximum atomic E-state index is 5.43. The molecule has 2 aliphatic rings. The van der Waals surface area contributed by atoms with Gasteiger partial charge in [0.1, 0.15) is 17.3 Å². The molecule has 2 fully saturated rings. The number of H-pyrrole nitrogens is 1. The van der Waals surface area contributed by atoms with Gasteiger partial charge in [-0.3, -0.25) is 10.1 Å². The number of hydrogen-bond acceptors (Lipinski definition) is 8. The number of anilines is 1. The first-order chi connectivity index (χ1) is 17.2. The molecule has 0 radical (unpaired) electrons. The molecule has 1 atom stereocenters. The fraction of sp³-hybridized carbons (Fsp3) is 0.480. The van der Waals surface area contributed by atoms with E-state index in [-0.39, 0.29) is 0 Å². The number of rotatable bonds is 8. The Labute approximate surface area is 204 Å². The van der Waals surface area contributed by atoms with Gasteiger partial charge < -0.3 is 15.0 Å². The van der Waals surface area contributed by atoms with Crippen LogP contribution in [0.2, 0.25) is 0 Å². The lowest BCUT2D eigenvalue weighted by molar-refractivity contribution is 0.280.